The van der Waals surface area contributed by atoms with E-state index in [1.54, 1.807) is 14.9 Å². The number of hydrogen-bond acceptors (Lipinski definition) is 7. The molecule has 0 saturated carbocycles. The van der Waals surface area contributed by atoms with Crippen LogP contribution in [0.2, 0.25) is 0 Å². The summed E-state index contributed by atoms with van der Waals surface area (Å²) >= 11 is 0. The van der Waals surface area contributed by atoms with Crippen molar-refractivity contribution in [3.05, 3.63) is 39.9 Å². The quantitative estimate of drug-likeness (QED) is 0.552. The van der Waals surface area contributed by atoms with Crippen LogP contribution in [0.4, 0.5) is 42.9 Å². The number of urea groups is 1. The number of alkyl halides is 6. The number of piperidine rings is 1. The number of anilines is 2. The van der Waals surface area contributed by atoms with Crippen LogP contribution in [0.3, 0.4) is 0 Å². The lowest BCUT2D eigenvalue weighted by Crippen LogP contribution is -2.54. The molecule has 2 aliphatic heterocycles. The first-order valence-corrected chi connectivity index (χ1v) is 11.0. The average Bonchev–Trinajstić information content (AvgIpc) is 2.85. The SMILES string of the molecule is Nc1cc(C(F)(F)F)c(=O)[nH]n1.O=C(N1CCCCC1)N1CCN(c2ncc(C(F)(F)F)cn2)CC1. The summed E-state index contributed by atoms with van der Waals surface area (Å²) in [6.45, 7) is 3.71. The molecule has 2 aliphatic rings. The normalized spacial score (nSPS) is 16.9. The first kappa shape index (κ1) is 27.0. The Hall–Kier alpha value is -3.59. The van der Waals surface area contributed by atoms with Crippen molar-refractivity contribution in [1.82, 2.24) is 30.0 Å². The van der Waals surface area contributed by atoms with Gasteiger partial charge in [0.05, 0.1) is 5.56 Å². The summed E-state index contributed by atoms with van der Waals surface area (Å²) in [5.41, 5.74) is 1.45. The number of halogens is 6. The highest BCUT2D eigenvalue weighted by Gasteiger charge is 2.34. The zero-order valence-corrected chi connectivity index (χ0v) is 18.9. The summed E-state index contributed by atoms with van der Waals surface area (Å²) in [5, 5.41) is 4.72. The molecule has 4 heterocycles. The Labute approximate surface area is 201 Å². The van der Waals surface area contributed by atoms with Crippen molar-refractivity contribution < 1.29 is 31.1 Å². The minimum Gasteiger partial charge on any atom is -0.382 e. The Morgan fingerprint density at radius 2 is 1.42 bits per heavy atom. The lowest BCUT2D eigenvalue weighted by molar-refractivity contribution is -0.139. The van der Waals surface area contributed by atoms with Crippen LogP contribution in [-0.4, -0.2) is 75.3 Å². The second-order valence-electron chi connectivity index (χ2n) is 8.11. The number of nitrogens with zero attached hydrogens (tertiary/aromatic N) is 6. The number of hydrogen-bond donors (Lipinski definition) is 2. The minimum atomic E-state index is -4.69. The van der Waals surface area contributed by atoms with Gasteiger partial charge in [0.2, 0.25) is 5.95 Å². The second-order valence-corrected chi connectivity index (χ2v) is 8.11. The highest BCUT2D eigenvalue weighted by molar-refractivity contribution is 5.74. The van der Waals surface area contributed by atoms with Crippen molar-refractivity contribution in [2.45, 2.75) is 31.6 Å². The molecule has 0 aromatic carbocycles. The Morgan fingerprint density at radius 3 is 1.92 bits per heavy atom. The zero-order valence-electron chi connectivity index (χ0n) is 18.9. The number of nitrogens with one attached hydrogen (secondary N) is 1. The molecule has 3 N–H and O–H groups in total. The number of rotatable bonds is 1. The maximum absolute atomic E-state index is 12.5. The van der Waals surface area contributed by atoms with Crippen LogP contribution in [-0.2, 0) is 12.4 Å². The first-order valence-electron chi connectivity index (χ1n) is 11.0. The van der Waals surface area contributed by atoms with Crippen molar-refractivity contribution in [3.63, 3.8) is 0 Å². The van der Waals surface area contributed by atoms with Gasteiger partial charge in [-0.15, -0.1) is 0 Å². The fourth-order valence-corrected chi connectivity index (χ4v) is 3.65. The van der Waals surface area contributed by atoms with Crippen molar-refractivity contribution in [3.8, 4) is 0 Å². The number of nitrogens with two attached hydrogens (primary N) is 1. The summed E-state index contributed by atoms with van der Waals surface area (Å²) < 4.78 is 73.4. The number of piperazine rings is 1. The van der Waals surface area contributed by atoms with Crippen molar-refractivity contribution >= 4 is 17.8 Å². The first-order chi connectivity index (χ1) is 16.9. The Bertz CT molecular complexity index is 1080. The number of likely N-dealkylation sites (tertiary alicyclic amines) is 1. The van der Waals surface area contributed by atoms with Crippen LogP contribution in [0, 0.1) is 0 Å². The van der Waals surface area contributed by atoms with Gasteiger partial charge in [-0.3, -0.25) is 4.79 Å². The lowest BCUT2D eigenvalue weighted by Gasteiger charge is -2.38. The third-order valence-corrected chi connectivity index (χ3v) is 5.55. The number of aromatic nitrogens is 4. The Morgan fingerprint density at radius 1 is 0.861 bits per heavy atom. The number of aromatic amines is 1. The summed E-state index contributed by atoms with van der Waals surface area (Å²) in [6, 6.07) is 0.543. The predicted octanol–water partition coefficient (Wildman–Crippen LogP) is 2.59. The molecule has 2 aromatic heterocycles. The van der Waals surface area contributed by atoms with Crippen LogP contribution in [0.15, 0.2) is 23.3 Å². The molecule has 36 heavy (non-hydrogen) atoms. The molecule has 4 rings (SSSR count). The van der Waals surface area contributed by atoms with Gasteiger partial charge in [-0.25, -0.2) is 19.9 Å². The molecule has 10 nitrogen and oxygen atoms in total. The molecule has 0 atom stereocenters. The smallest absolute Gasteiger partial charge is 0.382 e. The van der Waals surface area contributed by atoms with Crippen LogP contribution < -0.4 is 16.2 Å². The monoisotopic (exact) mass is 522 g/mol. The van der Waals surface area contributed by atoms with E-state index in [0.29, 0.717) is 32.2 Å². The van der Waals surface area contributed by atoms with Gasteiger partial charge in [-0.05, 0) is 25.3 Å². The third kappa shape index (κ3) is 6.97. The number of carbonyl (C=O) groups excluding carboxylic acids is 1. The summed E-state index contributed by atoms with van der Waals surface area (Å²) in [7, 11) is 0. The van der Waals surface area contributed by atoms with Gasteiger partial charge in [0.1, 0.15) is 11.4 Å². The van der Waals surface area contributed by atoms with Crippen molar-refractivity contribution in [2.24, 2.45) is 0 Å². The number of amides is 2. The summed E-state index contributed by atoms with van der Waals surface area (Å²) in [6.07, 6.45) is -4.26. The van der Waals surface area contributed by atoms with E-state index in [4.69, 9.17) is 5.73 Å². The van der Waals surface area contributed by atoms with E-state index in [1.807, 2.05) is 4.90 Å². The van der Waals surface area contributed by atoms with E-state index in [9.17, 15) is 35.9 Å². The molecule has 198 valence electrons. The van der Waals surface area contributed by atoms with Crippen LogP contribution in [0.25, 0.3) is 0 Å². The van der Waals surface area contributed by atoms with Gasteiger partial charge in [0.15, 0.2) is 0 Å². The topological polar surface area (TPSA) is 124 Å². The van der Waals surface area contributed by atoms with Gasteiger partial charge in [-0.1, -0.05) is 0 Å². The summed E-state index contributed by atoms with van der Waals surface area (Å²) in [4.78, 5) is 36.1. The van der Waals surface area contributed by atoms with E-state index in [2.05, 4.69) is 15.1 Å². The largest absolute Gasteiger partial charge is 0.421 e. The average molecular weight is 522 g/mol. The molecule has 0 radical (unpaired) electrons. The third-order valence-electron chi connectivity index (χ3n) is 5.55. The maximum Gasteiger partial charge on any atom is 0.421 e. The van der Waals surface area contributed by atoms with Crippen LogP contribution in [0.5, 0.6) is 0 Å². The zero-order chi connectivity index (χ0) is 26.5. The minimum absolute atomic E-state index is 0.0580. The standard InChI is InChI=1S/C15H20F3N5O.C5H4F3N3O/c16-15(17,18)12-10-19-13(20-11-12)21-6-8-23(9-7-21)14(24)22-4-2-1-3-5-22;6-5(7,8)2-1-3(9)10-11-4(2)12/h10-11H,1-9H2;1H,(H2,9,10)(H,11,12). The fourth-order valence-electron chi connectivity index (χ4n) is 3.65. The van der Waals surface area contributed by atoms with E-state index in [0.717, 1.165) is 38.3 Å². The van der Waals surface area contributed by atoms with Gasteiger partial charge < -0.3 is 20.4 Å². The summed E-state index contributed by atoms with van der Waals surface area (Å²) in [5.74, 6) is -0.102. The van der Waals surface area contributed by atoms with Gasteiger partial charge in [-0.2, -0.15) is 31.4 Å². The van der Waals surface area contributed by atoms with E-state index < -0.39 is 29.0 Å². The maximum atomic E-state index is 12.5. The molecule has 0 bridgehead atoms. The molecule has 16 heteroatoms. The molecule has 2 saturated heterocycles. The van der Waals surface area contributed by atoms with Crippen LogP contribution >= 0.6 is 0 Å². The van der Waals surface area contributed by atoms with E-state index >= 15 is 0 Å². The van der Waals surface area contributed by atoms with Crippen molar-refractivity contribution in [1.29, 1.82) is 0 Å². The lowest BCUT2D eigenvalue weighted by atomic mass is 10.1. The molecule has 0 aliphatic carbocycles. The Kier molecular flexibility index (Phi) is 8.24. The van der Waals surface area contributed by atoms with Gasteiger partial charge in [0, 0.05) is 51.7 Å². The number of carbonyl (C=O) groups is 1. The molecule has 2 aromatic rings. The highest BCUT2D eigenvalue weighted by atomic mass is 19.4. The Balaban J connectivity index is 0.000000253. The molecule has 0 spiro atoms. The van der Waals surface area contributed by atoms with Crippen LogP contribution in [0.1, 0.15) is 30.4 Å². The second kappa shape index (κ2) is 11.0. The van der Waals surface area contributed by atoms with Crippen molar-refractivity contribution in [2.75, 3.05) is 49.9 Å². The fraction of sp³-hybridized carbons (Fsp3) is 0.550. The predicted molar refractivity (Wildman–Crippen MR) is 116 cm³/mol. The molecule has 0 unspecified atom stereocenters. The van der Waals surface area contributed by atoms with Gasteiger partial charge >= 0.3 is 18.4 Å². The van der Waals surface area contributed by atoms with E-state index in [1.165, 1.54) is 6.42 Å². The molecule has 2 amide bonds. The number of nitrogen functional groups attached to an aromatic ring is 1. The number of H-pyrrole nitrogens is 1. The van der Waals surface area contributed by atoms with E-state index in [-0.39, 0.29) is 17.8 Å². The molecular formula is C20H24F6N8O2. The van der Waals surface area contributed by atoms with Gasteiger partial charge in [0.25, 0.3) is 5.56 Å². The molecule has 2 fully saturated rings. The molecular weight excluding hydrogens is 498 g/mol. The highest BCUT2D eigenvalue weighted by Crippen LogP contribution is 2.28.